The zero-order valence-electron chi connectivity index (χ0n) is 23.8. The monoisotopic (exact) mass is 628 g/mol. The number of benzene rings is 4. The van der Waals surface area contributed by atoms with Crippen LogP contribution in [0.3, 0.4) is 0 Å². The molecule has 0 fully saturated rings. The summed E-state index contributed by atoms with van der Waals surface area (Å²) in [7, 11) is -4.16. The van der Waals surface area contributed by atoms with E-state index in [-0.39, 0.29) is 40.1 Å². The molecule has 4 rings (SSSR count). The second-order valence-corrected chi connectivity index (χ2v) is 11.5. The van der Waals surface area contributed by atoms with E-state index < -0.39 is 39.9 Å². The van der Waals surface area contributed by atoms with Gasteiger partial charge in [0, 0.05) is 28.8 Å². The molecule has 0 aliphatic rings. The van der Waals surface area contributed by atoms with E-state index in [4.69, 9.17) is 11.1 Å². The van der Waals surface area contributed by atoms with Gasteiger partial charge >= 0.3 is 22.1 Å². The number of hydrogen-bond donors (Lipinski definition) is 5. The van der Waals surface area contributed by atoms with Crippen LogP contribution in [-0.2, 0) is 25.5 Å². The van der Waals surface area contributed by atoms with Crippen molar-refractivity contribution in [1.82, 2.24) is 5.32 Å². The molecule has 0 saturated heterocycles. The molecule has 45 heavy (non-hydrogen) atoms. The first-order valence-corrected chi connectivity index (χ1v) is 15.1. The molecule has 1 atom stereocenters. The smallest absolute Gasteiger partial charge is 0.354 e. The lowest BCUT2D eigenvalue weighted by molar-refractivity contribution is -0.139. The van der Waals surface area contributed by atoms with E-state index in [1.807, 2.05) is 0 Å². The number of amides is 2. The zero-order chi connectivity index (χ0) is 32.7. The highest BCUT2D eigenvalue weighted by molar-refractivity contribution is 7.86. The Bertz CT molecular complexity index is 1890. The number of anilines is 1. The van der Waals surface area contributed by atoms with Crippen molar-refractivity contribution in [1.29, 1.82) is 5.41 Å². The van der Waals surface area contributed by atoms with E-state index in [0.717, 1.165) is 6.26 Å². The summed E-state index contributed by atoms with van der Waals surface area (Å²) in [5.74, 6) is -4.08. The van der Waals surface area contributed by atoms with E-state index in [0.29, 0.717) is 16.8 Å². The maximum atomic E-state index is 13.7. The van der Waals surface area contributed by atoms with Crippen LogP contribution in [0.2, 0.25) is 0 Å². The minimum atomic E-state index is -4.16. The summed E-state index contributed by atoms with van der Waals surface area (Å²) in [4.78, 5) is 51.7. The fourth-order valence-corrected chi connectivity index (χ4v) is 4.77. The molecule has 0 radical (unpaired) electrons. The Morgan fingerprint density at radius 3 is 2.04 bits per heavy atom. The molecule has 0 saturated carbocycles. The SMILES string of the molecule is CS(=O)(=O)OC(=O)c1ccccc1-c1ccc(C(=O)NC(Cc2ccccc2)C(=O)O)cc1C(=O)Nc1ccc(C(=N)N)cc1. The van der Waals surface area contributed by atoms with Gasteiger partial charge in [0.05, 0.1) is 11.8 Å². The molecule has 13 heteroatoms. The number of nitrogen functional groups attached to an aromatic ring is 1. The van der Waals surface area contributed by atoms with Crippen LogP contribution >= 0.6 is 0 Å². The molecule has 1 unspecified atom stereocenters. The van der Waals surface area contributed by atoms with Gasteiger partial charge < -0.3 is 25.7 Å². The van der Waals surface area contributed by atoms with Gasteiger partial charge in [-0.2, -0.15) is 8.42 Å². The van der Waals surface area contributed by atoms with Crippen molar-refractivity contribution >= 4 is 45.4 Å². The molecular weight excluding hydrogens is 600 g/mol. The summed E-state index contributed by atoms with van der Waals surface area (Å²) in [6.45, 7) is 0. The topological polar surface area (TPSA) is 206 Å². The quantitative estimate of drug-likeness (QED) is 0.0936. The van der Waals surface area contributed by atoms with Gasteiger partial charge in [0.15, 0.2) is 0 Å². The molecule has 2 amide bonds. The van der Waals surface area contributed by atoms with Crippen LogP contribution in [0.25, 0.3) is 11.1 Å². The third-order valence-corrected chi connectivity index (χ3v) is 6.98. The van der Waals surface area contributed by atoms with Crippen LogP contribution in [0, 0.1) is 5.41 Å². The predicted octanol–water partition coefficient (Wildman–Crippen LogP) is 3.43. The largest absolute Gasteiger partial charge is 0.480 e. The summed E-state index contributed by atoms with van der Waals surface area (Å²) in [5.41, 5.74) is 6.94. The highest BCUT2D eigenvalue weighted by atomic mass is 32.2. The lowest BCUT2D eigenvalue weighted by Gasteiger charge is -2.17. The van der Waals surface area contributed by atoms with E-state index in [1.165, 1.54) is 60.7 Å². The van der Waals surface area contributed by atoms with E-state index >= 15 is 0 Å². The molecule has 4 aromatic rings. The summed E-state index contributed by atoms with van der Waals surface area (Å²) in [5, 5.41) is 22.5. The van der Waals surface area contributed by atoms with Crippen molar-refractivity contribution < 1.29 is 36.9 Å². The summed E-state index contributed by atoms with van der Waals surface area (Å²) >= 11 is 0. The normalized spacial score (nSPS) is 11.6. The summed E-state index contributed by atoms with van der Waals surface area (Å²) in [6, 6.07) is 23.4. The molecule has 0 heterocycles. The van der Waals surface area contributed by atoms with E-state index in [9.17, 15) is 32.7 Å². The Morgan fingerprint density at radius 2 is 1.42 bits per heavy atom. The summed E-state index contributed by atoms with van der Waals surface area (Å²) in [6.07, 6.45) is 0.735. The fourth-order valence-electron chi connectivity index (χ4n) is 4.41. The van der Waals surface area contributed by atoms with Crippen molar-refractivity contribution in [2.24, 2.45) is 5.73 Å². The molecule has 230 valence electrons. The number of amidine groups is 1. The van der Waals surface area contributed by atoms with Crippen molar-refractivity contribution in [2.75, 3.05) is 11.6 Å². The van der Waals surface area contributed by atoms with Crippen LogP contribution in [-0.4, -0.2) is 55.4 Å². The number of rotatable bonds is 11. The number of nitrogens with two attached hydrogens (primary N) is 1. The minimum Gasteiger partial charge on any atom is -0.480 e. The standard InChI is InChI=1S/C32H28N4O8S/c1-45(42,43)44-32(41)25-10-6-5-9-23(25)24-16-13-21(29(37)36-27(31(39)40)17-19-7-3-2-4-8-19)18-26(24)30(38)35-22-14-11-20(12-15-22)28(33)34/h2-16,18,27H,17H2,1H3,(H3,33,34)(H,35,38)(H,36,37)(H,39,40). The first kappa shape index (κ1) is 32.1. The van der Waals surface area contributed by atoms with E-state index in [2.05, 4.69) is 14.8 Å². The molecule has 12 nitrogen and oxygen atoms in total. The maximum Gasteiger partial charge on any atom is 0.354 e. The fraction of sp³-hybridized carbons (Fsp3) is 0.0938. The molecule has 6 N–H and O–H groups in total. The first-order valence-electron chi connectivity index (χ1n) is 13.3. The highest BCUT2D eigenvalue weighted by Crippen LogP contribution is 2.30. The van der Waals surface area contributed by atoms with Gasteiger partial charge in [-0.15, -0.1) is 0 Å². The molecule has 0 aliphatic carbocycles. The van der Waals surface area contributed by atoms with Crippen LogP contribution in [0.5, 0.6) is 0 Å². The van der Waals surface area contributed by atoms with Gasteiger partial charge in [0.25, 0.3) is 11.8 Å². The number of hydrogen-bond acceptors (Lipinski definition) is 8. The third-order valence-electron chi connectivity index (χ3n) is 6.53. The van der Waals surface area contributed by atoms with Gasteiger partial charge in [-0.25, -0.2) is 9.59 Å². The second-order valence-electron chi connectivity index (χ2n) is 9.88. The molecule has 0 aromatic heterocycles. The molecule has 0 bridgehead atoms. The Morgan fingerprint density at radius 1 is 0.822 bits per heavy atom. The molecule has 0 aliphatic heterocycles. The number of aliphatic carboxylic acids is 1. The van der Waals surface area contributed by atoms with Gasteiger partial charge in [0.1, 0.15) is 11.9 Å². The lowest BCUT2D eigenvalue weighted by atomic mass is 9.93. The minimum absolute atomic E-state index is 0.0133. The highest BCUT2D eigenvalue weighted by Gasteiger charge is 2.25. The van der Waals surface area contributed by atoms with Gasteiger partial charge in [-0.1, -0.05) is 54.6 Å². The first-order chi connectivity index (χ1) is 21.3. The van der Waals surface area contributed by atoms with Crippen LogP contribution < -0.4 is 16.4 Å². The zero-order valence-corrected chi connectivity index (χ0v) is 24.6. The Kier molecular flexibility index (Phi) is 9.74. The van der Waals surface area contributed by atoms with Crippen LogP contribution in [0.1, 0.15) is 42.2 Å². The van der Waals surface area contributed by atoms with Crippen LogP contribution in [0.4, 0.5) is 5.69 Å². The van der Waals surface area contributed by atoms with E-state index in [1.54, 1.807) is 36.4 Å². The Balaban J connectivity index is 1.75. The average molecular weight is 629 g/mol. The third kappa shape index (κ3) is 8.39. The van der Waals surface area contributed by atoms with Gasteiger partial charge in [0.2, 0.25) is 0 Å². The number of carbonyl (C=O) groups excluding carboxylic acids is 3. The molecule has 0 spiro atoms. The summed E-state index contributed by atoms with van der Waals surface area (Å²) < 4.78 is 27.9. The van der Waals surface area contributed by atoms with Crippen molar-refractivity contribution in [3.63, 3.8) is 0 Å². The number of nitrogens with one attached hydrogen (secondary N) is 3. The number of carboxylic acid groups (broad SMARTS) is 1. The average Bonchev–Trinajstić information content (AvgIpc) is 3.00. The number of carbonyl (C=O) groups is 4. The molecule has 4 aromatic carbocycles. The molecular formula is C32H28N4O8S. The van der Waals surface area contributed by atoms with Gasteiger partial charge in [-0.05, 0) is 59.2 Å². The van der Waals surface area contributed by atoms with Crippen LogP contribution in [0.15, 0.2) is 97.1 Å². The van der Waals surface area contributed by atoms with Crippen molar-refractivity contribution in [2.45, 2.75) is 12.5 Å². The Hall–Kier alpha value is -5.82. The number of carboxylic acids is 1. The lowest BCUT2D eigenvalue weighted by Crippen LogP contribution is -2.42. The Labute approximate surface area is 258 Å². The second kappa shape index (κ2) is 13.7. The predicted molar refractivity (Wildman–Crippen MR) is 167 cm³/mol. The van der Waals surface area contributed by atoms with Crippen molar-refractivity contribution in [3.05, 3.63) is 125 Å². The maximum absolute atomic E-state index is 13.7. The van der Waals surface area contributed by atoms with Gasteiger partial charge in [-0.3, -0.25) is 15.0 Å². The van der Waals surface area contributed by atoms with Crippen molar-refractivity contribution in [3.8, 4) is 11.1 Å².